The fraction of sp³-hybridized carbons (Fsp3) is 0.206. The van der Waals surface area contributed by atoms with Crippen LogP contribution in [0.4, 0.5) is 11.4 Å². The SMILES string of the molecule is CC(=O)N1c2ccccc2N=C2CC(c3ccccc3OCc3ccccc3)CC(=O)C2C1c1ccc(Cl)cc1Cl. The number of hydrogen-bond donors (Lipinski definition) is 0. The Morgan fingerprint density at radius 3 is 2.41 bits per heavy atom. The predicted octanol–water partition coefficient (Wildman–Crippen LogP) is 8.52. The highest BCUT2D eigenvalue weighted by atomic mass is 35.5. The zero-order valence-electron chi connectivity index (χ0n) is 22.5. The number of nitrogens with zero attached hydrogens (tertiary/aromatic N) is 2. The zero-order valence-corrected chi connectivity index (χ0v) is 24.0. The van der Waals surface area contributed by atoms with Crippen molar-refractivity contribution in [1.29, 1.82) is 0 Å². The van der Waals surface area contributed by atoms with Gasteiger partial charge in [0.25, 0.3) is 0 Å². The molecule has 1 amide bonds. The summed E-state index contributed by atoms with van der Waals surface area (Å²) in [6.07, 6.45) is 0.836. The van der Waals surface area contributed by atoms with E-state index >= 15 is 0 Å². The molecule has 0 aromatic heterocycles. The summed E-state index contributed by atoms with van der Waals surface area (Å²) in [5.74, 6) is -0.210. The summed E-state index contributed by atoms with van der Waals surface area (Å²) in [5, 5.41) is 0.889. The van der Waals surface area contributed by atoms with Gasteiger partial charge in [-0.15, -0.1) is 0 Å². The van der Waals surface area contributed by atoms with Crippen molar-refractivity contribution in [1.82, 2.24) is 0 Å². The van der Waals surface area contributed by atoms with Crippen LogP contribution in [0.15, 0.2) is 102 Å². The Morgan fingerprint density at radius 2 is 1.63 bits per heavy atom. The topological polar surface area (TPSA) is 59.0 Å². The predicted molar refractivity (Wildman–Crippen MR) is 164 cm³/mol. The molecule has 4 aromatic rings. The Labute approximate surface area is 249 Å². The van der Waals surface area contributed by atoms with E-state index in [4.69, 9.17) is 32.9 Å². The molecule has 6 rings (SSSR count). The van der Waals surface area contributed by atoms with Crippen molar-refractivity contribution in [3.05, 3.63) is 124 Å². The first-order valence-electron chi connectivity index (χ1n) is 13.6. The fourth-order valence-electron chi connectivity index (χ4n) is 6.03. The number of ketones is 1. The van der Waals surface area contributed by atoms with Crippen LogP contribution in [0.2, 0.25) is 10.0 Å². The zero-order chi connectivity index (χ0) is 28.5. The van der Waals surface area contributed by atoms with Gasteiger partial charge in [0.1, 0.15) is 18.1 Å². The van der Waals surface area contributed by atoms with E-state index in [1.54, 1.807) is 17.0 Å². The maximum absolute atomic E-state index is 14.2. The molecule has 0 N–H and O–H groups in total. The molecule has 1 aliphatic carbocycles. The number of para-hydroxylation sites is 3. The third-order valence-corrected chi connectivity index (χ3v) is 8.39. The second kappa shape index (κ2) is 11.5. The van der Waals surface area contributed by atoms with Gasteiger partial charge in [0, 0.05) is 29.1 Å². The number of ether oxygens (including phenoxy) is 1. The number of benzene rings is 4. The van der Waals surface area contributed by atoms with Crippen LogP contribution in [-0.2, 0) is 16.2 Å². The normalized spacial score (nSPS) is 20.0. The Morgan fingerprint density at radius 1 is 0.902 bits per heavy atom. The van der Waals surface area contributed by atoms with Crippen LogP contribution in [0.25, 0.3) is 0 Å². The van der Waals surface area contributed by atoms with Gasteiger partial charge in [0.2, 0.25) is 5.91 Å². The molecule has 206 valence electrons. The van der Waals surface area contributed by atoms with Crippen molar-refractivity contribution in [2.24, 2.45) is 10.9 Å². The quantitative estimate of drug-likeness (QED) is 0.237. The van der Waals surface area contributed by atoms with Gasteiger partial charge in [-0.25, -0.2) is 0 Å². The van der Waals surface area contributed by atoms with Gasteiger partial charge in [-0.2, -0.15) is 0 Å². The van der Waals surface area contributed by atoms with Crippen molar-refractivity contribution >= 4 is 52.0 Å². The maximum atomic E-state index is 14.2. The van der Waals surface area contributed by atoms with Crippen LogP contribution in [-0.4, -0.2) is 17.4 Å². The smallest absolute Gasteiger partial charge is 0.224 e. The summed E-state index contributed by atoms with van der Waals surface area (Å²) in [5.41, 5.74) is 4.74. The van der Waals surface area contributed by atoms with Gasteiger partial charge in [0.15, 0.2) is 0 Å². The molecular formula is C34H28Cl2N2O3. The molecule has 7 heteroatoms. The summed E-state index contributed by atoms with van der Waals surface area (Å²) in [7, 11) is 0. The molecule has 3 unspecified atom stereocenters. The van der Waals surface area contributed by atoms with E-state index in [-0.39, 0.29) is 17.6 Å². The lowest BCUT2D eigenvalue weighted by Gasteiger charge is -2.39. The molecule has 1 fully saturated rings. The number of carbonyl (C=O) groups is 2. The van der Waals surface area contributed by atoms with E-state index < -0.39 is 12.0 Å². The monoisotopic (exact) mass is 582 g/mol. The lowest BCUT2D eigenvalue weighted by atomic mass is 9.72. The molecule has 1 heterocycles. The molecule has 0 bridgehead atoms. The minimum atomic E-state index is -0.655. The van der Waals surface area contributed by atoms with Crippen LogP contribution in [0.3, 0.4) is 0 Å². The maximum Gasteiger partial charge on any atom is 0.224 e. The van der Waals surface area contributed by atoms with Crippen molar-refractivity contribution in [3.63, 3.8) is 0 Å². The number of anilines is 1. The number of carbonyl (C=O) groups excluding carboxylic acids is 2. The third kappa shape index (κ3) is 5.40. The largest absolute Gasteiger partial charge is 0.489 e. The van der Waals surface area contributed by atoms with Gasteiger partial charge in [-0.3, -0.25) is 14.6 Å². The number of fused-ring (bicyclic) bond motifs is 2. The highest BCUT2D eigenvalue weighted by Gasteiger charge is 2.46. The van der Waals surface area contributed by atoms with E-state index in [9.17, 15) is 9.59 Å². The van der Waals surface area contributed by atoms with Crippen molar-refractivity contribution in [3.8, 4) is 5.75 Å². The molecule has 0 radical (unpaired) electrons. The summed E-state index contributed by atoms with van der Waals surface area (Å²) in [6, 6.07) is 29.9. The number of hydrogen-bond acceptors (Lipinski definition) is 4. The first-order valence-corrected chi connectivity index (χ1v) is 14.4. The van der Waals surface area contributed by atoms with Gasteiger partial charge in [-0.05, 0) is 59.4 Å². The van der Waals surface area contributed by atoms with Gasteiger partial charge in [0.05, 0.1) is 23.3 Å². The Kier molecular flexibility index (Phi) is 7.65. The second-order valence-corrected chi connectivity index (χ2v) is 11.3. The minimum Gasteiger partial charge on any atom is -0.489 e. The van der Waals surface area contributed by atoms with E-state index in [1.165, 1.54) is 6.92 Å². The molecule has 3 atom stereocenters. The summed E-state index contributed by atoms with van der Waals surface area (Å²) >= 11 is 13.0. The molecule has 41 heavy (non-hydrogen) atoms. The number of aliphatic imine (C=N–C) groups is 1. The van der Waals surface area contributed by atoms with E-state index in [1.807, 2.05) is 84.9 Å². The summed E-state index contributed by atoms with van der Waals surface area (Å²) in [6.45, 7) is 1.94. The lowest BCUT2D eigenvalue weighted by Crippen LogP contribution is -2.45. The molecule has 0 saturated heterocycles. The van der Waals surface area contributed by atoms with E-state index in [0.29, 0.717) is 46.4 Å². The van der Waals surface area contributed by atoms with E-state index in [0.717, 1.165) is 22.6 Å². The number of rotatable bonds is 5. The van der Waals surface area contributed by atoms with Crippen LogP contribution in [0.1, 0.15) is 48.4 Å². The minimum absolute atomic E-state index is 0.00735. The lowest BCUT2D eigenvalue weighted by molar-refractivity contribution is -0.123. The fourth-order valence-corrected chi connectivity index (χ4v) is 6.55. The first-order chi connectivity index (χ1) is 19.9. The van der Waals surface area contributed by atoms with Gasteiger partial charge >= 0.3 is 0 Å². The summed E-state index contributed by atoms with van der Waals surface area (Å²) in [4.78, 5) is 34.2. The molecular weight excluding hydrogens is 555 g/mol. The second-order valence-electron chi connectivity index (χ2n) is 10.5. The third-order valence-electron chi connectivity index (χ3n) is 7.82. The average molecular weight is 584 g/mol. The molecule has 1 aliphatic heterocycles. The summed E-state index contributed by atoms with van der Waals surface area (Å²) < 4.78 is 6.26. The van der Waals surface area contributed by atoms with Crippen LogP contribution in [0.5, 0.6) is 5.75 Å². The number of halogens is 2. The van der Waals surface area contributed by atoms with Crippen LogP contribution < -0.4 is 9.64 Å². The molecule has 0 spiro atoms. The highest BCUT2D eigenvalue weighted by molar-refractivity contribution is 6.35. The Balaban J connectivity index is 1.42. The molecule has 2 aliphatic rings. The van der Waals surface area contributed by atoms with Crippen molar-refractivity contribution < 1.29 is 14.3 Å². The van der Waals surface area contributed by atoms with Gasteiger partial charge in [-0.1, -0.05) is 89.9 Å². The van der Waals surface area contributed by atoms with Crippen LogP contribution in [0, 0.1) is 5.92 Å². The van der Waals surface area contributed by atoms with Crippen molar-refractivity contribution in [2.45, 2.75) is 38.3 Å². The van der Waals surface area contributed by atoms with E-state index in [2.05, 4.69) is 0 Å². The van der Waals surface area contributed by atoms with Crippen molar-refractivity contribution in [2.75, 3.05) is 4.90 Å². The highest BCUT2D eigenvalue weighted by Crippen LogP contribution is 2.49. The standard InChI is InChI=1S/C34H28Cl2N2O3/c1-21(39)38-30-13-7-6-12-28(30)37-29-17-23(18-31(40)33(29)34(38)26-16-15-24(35)19-27(26)36)25-11-5-8-14-32(25)41-20-22-9-3-2-4-10-22/h2-16,19,23,33-34H,17-18,20H2,1H3. The Hall–Kier alpha value is -3.93. The molecule has 4 aromatic carbocycles. The molecule has 5 nitrogen and oxygen atoms in total. The average Bonchev–Trinajstić information content (AvgIpc) is 3.11. The number of amides is 1. The first kappa shape index (κ1) is 27.3. The van der Waals surface area contributed by atoms with Gasteiger partial charge < -0.3 is 9.64 Å². The number of Topliss-reactive ketones (excluding diaryl/α,β-unsaturated/α-hetero) is 1. The van der Waals surface area contributed by atoms with Crippen LogP contribution >= 0.6 is 23.2 Å². The molecule has 1 saturated carbocycles. The Bertz CT molecular complexity index is 1650.